The molecule has 0 aliphatic carbocycles. The molecule has 1 amide bonds. The van der Waals surface area contributed by atoms with E-state index in [4.69, 9.17) is 10.4 Å². The largest absolute Gasteiger partial charge is 0.378 e. The van der Waals surface area contributed by atoms with E-state index in [-0.39, 0.29) is 17.3 Å². The van der Waals surface area contributed by atoms with E-state index in [1.807, 2.05) is 18.2 Å². The summed E-state index contributed by atoms with van der Waals surface area (Å²) in [5, 5.41) is 19.6. The third-order valence-electron chi connectivity index (χ3n) is 5.59. The minimum atomic E-state index is -0.442. The monoisotopic (exact) mass is 437 g/mol. The molecule has 1 aromatic carbocycles. The number of benzene rings is 1. The van der Waals surface area contributed by atoms with E-state index in [9.17, 15) is 4.79 Å². The fourth-order valence-electron chi connectivity index (χ4n) is 3.66. The molecule has 1 aliphatic heterocycles. The molecule has 4 rings (SSSR count). The Hall–Kier alpha value is -3.60. The van der Waals surface area contributed by atoms with Crippen molar-refractivity contribution >= 4 is 17.9 Å². The number of aryl methyl sites for hydroxylation is 1. The van der Waals surface area contributed by atoms with E-state index in [1.165, 1.54) is 10.2 Å². The van der Waals surface area contributed by atoms with Gasteiger partial charge in [-0.2, -0.15) is 9.78 Å². The molecule has 3 N–H and O–H groups in total. The predicted octanol–water partition coefficient (Wildman–Crippen LogP) is 1.81. The molecule has 1 saturated heterocycles. The van der Waals surface area contributed by atoms with Crippen molar-refractivity contribution in [1.29, 1.82) is 0 Å². The Morgan fingerprint density at radius 1 is 1.28 bits per heavy atom. The summed E-state index contributed by atoms with van der Waals surface area (Å²) in [6, 6.07) is 10.1. The highest BCUT2D eigenvalue weighted by Gasteiger charge is 2.26. The summed E-state index contributed by atoms with van der Waals surface area (Å²) in [6.45, 7) is 4.58. The molecular weight excluding hydrogens is 410 g/mol. The summed E-state index contributed by atoms with van der Waals surface area (Å²) >= 11 is 0. The van der Waals surface area contributed by atoms with Crippen LogP contribution in [0.1, 0.15) is 47.9 Å². The first kappa shape index (κ1) is 21.6. The Morgan fingerprint density at radius 3 is 2.78 bits per heavy atom. The molecule has 0 unspecified atom stereocenters. The Bertz CT molecular complexity index is 1050. The number of likely N-dealkylation sites (tertiary alicyclic amines) is 1. The van der Waals surface area contributed by atoms with E-state index in [2.05, 4.69) is 55.1 Å². The van der Waals surface area contributed by atoms with Crippen LogP contribution >= 0.6 is 0 Å². The van der Waals surface area contributed by atoms with Gasteiger partial charge >= 0.3 is 0 Å². The quantitative estimate of drug-likeness (QED) is 0.402. The molecule has 0 radical (unpaired) electrons. The van der Waals surface area contributed by atoms with E-state index in [0.717, 1.165) is 32.4 Å². The molecule has 1 fully saturated rings. The number of hydrogen-bond donors (Lipinski definition) is 2. The molecule has 3 heterocycles. The third-order valence-corrected chi connectivity index (χ3v) is 5.59. The number of hydrazone groups is 1. The van der Waals surface area contributed by atoms with Crippen molar-refractivity contribution in [3.63, 3.8) is 0 Å². The second-order valence-corrected chi connectivity index (χ2v) is 8.01. The number of anilines is 1. The standard InChI is InChI=1S/C21H27N9O2/c1-15-9-12-29(13-10-15)14-17-18(24-28-30(17)20-19(22)26-32-27-20)21(31)25-23-11-5-8-16-6-3-2-4-7-16/h2-4,6-7,11,15H,5,8-10,12-14H2,1H3,(H2,22,26)(H,25,31). The number of nitrogens with two attached hydrogens (primary N) is 1. The van der Waals surface area contributed by atoms with Crippen LogP contribution in [0.4, 0.5) is 5.82 Å². The van der Waals surface area contributed by atoms with Crippen LogP contribution in [0.25, 0.3) is 5.82 Å². The van der Waals surface area contributed by atoms with Crippen molar-refractivity contribution in [2.45, 2.75) is 39.2 Å². The minimum Gasteiger partial charge on any atom is -0.378 e. The van der Waals surface area contributed by atoms with Gasteiger partial charge in [0.2, 0.25) is 11.6 Å². The van der Waals surface area contributed by atoms with Crippen molar-refractivity contribution in [2.75, 3.05) is 18.8 Å². The lowest BCUT2D eigenvalue weighted by atomic mass is 9.99. The maximum absolute atomic E-state index is 12.8. The van der Waals surface area contributed by atoms with E-state index in [1.54, 1.807) is 6.21 Å². The highest BCUT2D eigenvalue weighted by Crippen LogP contribution is 2.21. The number of carbonyl (C=O) groups excluding carboxylic acids is 1. The van der Waals surface area contributed by atoms with Crippen molar-refractivity contribution in [3.05, 3.63) is 47.3 Å². The van der Waals surface area contributed by atoms with Crippen LogP contribution in [0, 0.1) is 5.92 Å². The summed E-state index contributed by atoms with van der Waals surface area (Å²) in [4.78, 5) is 15.1. The molecule has 168 valence electrons. The van der Waals surface area contributed by atoms with E-state index >= 15 is 0 Å². The molecule has 0 atom stereocenters. The number of carbonyl (C=O) groups is 1. The number of nitrogens with one attached hydrogen (secondary N) is 1. The summed E-state index contributed by atoms with van der Waals surface area (Å²) in [7, 11) is 0. The Balaban J connectivity index is 1.45. The lowest BCUT2D eigenvalue weighted by Gasteiger charge is -2.30. The van der Waals surface area contributed by atoms with Gasteiger partial charge in [0.05, 0.1) is 5.69 Å². The first-order valence-electron chi connectivity index (χ1n) is 10.7. The topological polar surface area (TPSA) is 140 Å². The Kier molecular flexibility index (Phi) is 6.85. The van der Waals surface area contributed by atoms with Crippen molar-refractivity contribution in [3.8, 4) is 5.82 Å². The fourth-order valence-corrected chi connectivity index (χ4v) is 3.66. The lowest BCUT2D eigenvalue weighted by molar-refractivity contribution is 0.0946. The number of rotatable bonds is 8. The molecule has 2 aromatic heterocycles. The van der Waals surface area contributed by atoms with Gasteiger partial charge in [-0.3, -0.25) is 9.69 Å². The highest BCUT2D eigenvalue weighted by molar-refractivity contribution is 5.93. The SMILES string of the molecule is CC1CCN(Cc2c(C(=O)NN=CCCc3ccccc3)nnn2-c2nonc2N)CC1. The second-order valence-electron chi connectivity index (χ2n) is 8.01. The number of piperidine rings is 1. The average Bonchev–Trinajstić information content (AvgIpc) is 3.41. The van der Waals surface area contributed by atoms with Crippen LogP contribution in [0.2, 0.25) is 0 Å². The maximum atomic E-state index is 12.8. The van der Waals surface area contributed by atoms with Crippen molar-refractivity contribution in [2.24, 2.45) is 11.0 Å². The van der Waals surface area contributed by atoms with Crippen LogP contribution < -0.4 is 11.2 Å². The van der Waals surface area contributed by atoms with Gasteiger partial charge in [-0.05, 0) is 60.6 Å². The minimum absolute atomic E-state index is 0.0781. The van der Waals surface area contributed by atoms with Gasteiger partial charge in [0.15, 0.2) is 5.69 Å². The second kappa shape index (κ2) is 10.1. The number of nitrogen functional groups attached to an aromatic ring is 1. The Morgan fingerprint density at radius 2 is 2.06 bits per heavy atom. The van der Waals surface area contributed by atoms with Crippen molar-refractivity contribution < 1.29 is 9.42 Å². The number of hydrogen-bond acceptors (Lipinski definition) is 9. The predicted molar refractivity (Wildman–Crippen MR) is 118 cm³/mol. The molecule has 32 heavy (non-hydrogen) atoms. The molecule has 11 heteroatoms. The summed E-state index contributed by atoms with van der Waals surface area (Å²) in [5.41, 5.74) is 10.3. The zero-order valence-electron chi connectivity index (χ0n) is 18.0. The molecule has 3 aromatic rings. The van der Waals surface area contributed by atoms with Crippen LogP contribution in [0.5, 0.6) is 0 Å². The number of amides is 1. The van der Waals surface area contributed by atoms with Gasteiger partial charge in [0.25, 0.3) is 5.91 Å². The maximum Gasteiger partial charge on any atom is 0.293 e. The van der Waals surface area contributed by atoms with Gasteiger partial charge in [0.1, 0.15) is 0 Å². The smallest absolute Gasteiger partial charge is 0.293 e. The molecule has 11 nitrogen and oxygen atoms in total. The molecule has 0 saturated carbocycles. The van der Waals surface area contributed by atoms with Gasteiger partial charge in [-0.1, -0.05) is 42.5 Å². The van der Waals surface area contributed by atoms with E-state index in [0.29, 0.717) is 24.6 Å². The third kappa shape index (κ3) is 5.17. The zero-order valence-corrected chi connectivity index (χ0v) is 18.0. The van der Waals surface area contributed by atoms with Crippen LogP contribution in [0.15, 0.2) is 40.1 Å². The van der Waals surface area contributed by atoms with Gasteiger partial charge < -0.3 is 5.73 Å². The molecule has 0 bridgehead atoms. The summed E-state index contributed by atoms with van der Waals surface area (Å²) in [6.07, 6.45) is 5.43. The number of nitrogens with zero attached hydrogens (tertiary/aromatic N) is 7. The lowest BCUT2D eigenvalue weighted by Crippen LogP contribution is -2.34. The van der Waals surface area contributed by atoms with Gasteiger partial charge in [-0.15, -0.1) is 5.10 Å². The summed E-state index contributed by atoms with van der Waals surface area (Å²) < 4.78 is 6.12. The first-order chi connectivity index (χ1) is 15.6. The molecular formula is C21H27N9O2. The van der Waals surface area contributed by atoms with Crippen LogP contribution in [-0.2, 0) is 13.0 Å². The molecule has 0 spiro atoms. The van der Waals surface area contributed by atoms with E-state index < -0.39 is 5.91 Å². The summed E-state index contributed by atoms with van der Waals surface area (Å²) in [5.74, 6) is 0.540. The van der Waals surface area contributed by atoms with Gasteiger partial charge in [-0.25, -0.2) is 10.1 Å². The van der Waals surface area contributed by atoms with Gasteiger partial charge in [0, 0.05) is 12.8 Å². The first-order valence-corrected chi connectivity index (χ1v) is 10.7. The van der Waals surface area contributed by atoms with Crippen LogP contribution in [-0.4, -0.2) is 55.4 Å². The fraction of sp³-hybridized carbons (Fsp3) is 0.429. The van der Waals surface area contributed by atoms with Crippen molar-refractivity contribution in [1.82, 2.24) is 35.6 Å². The normalized spacial score (nSPS) is 15.4. The number of aromatic nitrogens is 5. The van der Waals surface area contributed by atoms with Crippen LogP contribution in [0.3, 0.4) is 0 Å². The molecule has 1 aliphatic rings. The average molecular weight is 438 g/mol. The zero-order chi connectivity index (χ0) is 22.3. The highest BCUT2D eigenvalue weighted by atomic mass is 16.6. The Labute approximate surface area is 185 Å².